The zero-order valence-electron chi connectivity index (χ0n) is 9.78. The number of aromatic nitrogens is 1. The fourth-order valence-electron chi connectivity index (χ4n) is 1.47. The Morgan fingerprint density at radius 1 is 1.20 bits per heavy atom. The third kappa shape index (κ3) is 3.19. The molecule has 0 atom stereocenters. The topological polar surface area (TPSA) is 45.9 Å². The minimum Gasteiger partial charge on any atom is -0.438 e. The molecule has 0 unspecified atom stereocenters. The molecule has 0 aliphatic heterocycles. The van der Waals surface area contributed by atoms with Crippen molar-refractivity contribution in [3.63, 3.8) is 0 Å². The molecule has 0 bridgehead atoms. The van der Waals surface area contributed by atoms with Crippen LogP contribution < -0.4 is 4.74 Å². The molecule has 2 aromatic rings. The first-order chi connectivity index (χ1) is 9.40. The number of rotatable bonds is 2. The number of nitriles is 1. The molecular formula is C13H6ClF3N2O. The average Bonchev–Trinajstić information content (AvgIpc) is 2.38. The number of halogens is 4. The Bertz CT molecular complexity index is 680. The molecule has 0 fully saturated rings. The average molecular weight is 299 g/mol. The molecule has 0 saturated carbocycles. The second-order valence-electron chi connectivity index (χ2n) is 3.72. The van der Waals surface area contributed by atoms with Gasteiger partial charge in [-0.25, -0.2) is 4.98 Å². The van der Waals surface area contributed by atoms with Gasteiger partial charge in [0.15, 0.2) is 0 Å². The lowest BCUT2D eigenvalue weighted by Crippen LogP contribution is -2.07. The largest absolute Gasteiger partial charge is 0.438 e. The van der Waals surface area contributed by atoms with E-state index in [9.17, 15) is 13.2 Å². The van der Waals surface area contributed by atoms with E-state index in [1.165, 1.54) is 24.3 Å². The number of nitrogens with zero attached hydrogens (tertiary/aromatic N) is 2. The van der Waals surface area contributed by atoms with Crippen molar-refractivity contribution in [2.24, 2.45) is 0 Å². The standard InChI is InChI=1S/C13H6ClF3N2O/c14-11-2-1-3-12(19-11)20-10-5-4-8(7-18)6-9(10)13(15,16)17/h1-6H. The van der Waals surface area contributed by atoms with Crippen LogP contribution in [0, 0.1) is 11.3 Å². The SMILES string of the molecule is N#Cc1ccc(Oc2cccc(Cl)n2)c(C(F)(F)F)c1. The normalized spacial score (nSPS) is 10.9. The fourth-order valence-corrected chi connectivity index (χ4v) is 1.63. The first-order valence-corrected chi connectivity index (χ1v) is 5.70. The van der Waals surface area contributed by atoms with Crippen LogP contribution in [0.2, 0.25) is 5.15 Å². The summed E-state index contributed by atoms with van der Waals surface area (Å²) in [7, 11) is 0. The van der Waals surface area contributed by atoms with Gasteiger partial charge in [-0.15, -0.1) is 0 Å². The van der Waals surface area contributed by atoms with E-state index in [1.54, 1.807) is 6.07 Å². The first-order valence-electron chi connectivity index (χ1n) is 5.32. The Kier molecular flexibility index (Phi) is 3.81. The first kappa shape index (κ1) is 14.2. The van der Waals surface area contributed by atoms with Gasteiger partial charge in [-0.05, 0) is 24.3 Å². The zero-order valence-corrected chi connectivity index (χ0v) is 10.5. The van der Waals surface area contributed by atoms with E-state index in [4.69, 9.17) is 21.6 Å². The van der Waals surface area contributed by atoms with Crippen molar-refractivity contribution < 1.29 is 17.9 Å². The molecule has 0 N–H and O–H groups in total. The van der Waals surface area contributed by atoms with Crippen LogP contribution in [0.15, 0.2) is 36.4 Å². The van der Waals surface area contributed by atoms with Crippen molar-refractivity contribution in [2.75, 3.05) is 0 Å². The van der Waals surface area contributed by atoms with Crippen molar-refractivity contribution in [2.45, 2.75) is 6.18 Å². The quantitative estimate of drug-likeness (QED) is 0.771. The van der Waals surface area contributed by atoms with E-state index in [0.717, 1.165) is 12.1 Å². The van der Waals surface area contributed by atoms with Crippen LogP contribution >= 0.6 is 11.6 Å². The maximum Gasteiger partial charge on any atom is 0.420 e. The number of hydrogen-bond donors (Lipinski definition) is 0. The van der Waals surface area contributed by atoms with Gasteiger partial charge in [-0.3, -0.25) is 0 Å². The number of alkyl halides is 3. The molecule has 0 aliphatic carbocycles. The summed E-state index contributed by atoms with van der Waals surface area (Å²) in [6.07, 6.45) is -4.64. The molecule has 1 heterocycles. The number of hydrogen-bond acceptors (Lipinski definition) is 3. The lowest BCUT2D eigenvalue weighted by atomic mass is 10.1. The van der Waals surface area contributed by atoms with E-state index >= 15 is 0 Å². The van der Waals surface area contributed by atoms with Crippen LogP contribution in [0.25, 0.3) is 0 Å². The number of ether oxygens (including phenoxy) is 1. The van der Waals surface area contributed by atoms with Crippen LogP contribution in [-0.4, -0.2) is 4.98 Å². The Hall–Kier alpha value is -2.26. The maximum atomic E-state index is 12.9. The van der Waals surface area contributed by atoms with Crippen molar-refractivity contribution in [3.05, 3.63) is 52.7 Å². The highest BCUT2D eigenvalue weighted by Gasteiger charge is 2.35. The summed E-state index contributed by atoms with van der Waals surface area (Å²) in [5.41, 5.74) is -1.15. The molecule has 1 aromatic heterocycles. The van der Waals surface area contributed by atoms with E-state index in [-0.39, 0.29) is 16.6 Å². The molecular weight excluding hydrogens is 293 g/mol. The molecule has 1 aromatic carbocycles. The molecule has 0 saturated heterocycles. The molecule has 0 aliphatic rings. The molecule has 20 heavy (non-hydrogen) atoms. The molecule has 2 rings (SSSR count). The molecule has 0 spiro atoms. The van der Waals surface area contributed by atoms with Gasteiger partial charge >= 0.3 is 6.18 Å². The highest BCUT2D eigenvalue weighted by atomic mass is 35.5. The van der Waals surface area contributed by atoms with Gasteiger partial charge in [0.25, 0.3) is 0 Å². The van der Waals surface area contributed by atoms with Crippen LogP contribution in [0.4, 0.5) is 13.2 Å². The molecule has 102 valence electrons. The summed E-state index contributed by atoms with van der Waals surface area (Å²) in [6.45, 7) is 0. The predicted octanol–water partition coefficient (Wildman–Crippen LogP) is 4.42. The lowest BCUT2D eigenvalue weighted by molar-refractivity contribution is -0.138. The minimum absolute atomic E-state index is 0.0623. The van der Waals surface area contributed by atoms with Gasteiger partial charge < -0.3 is 4.74 Å². The van der Waals surface area contributed by atoms with Crippen molar-refractivity contribution in [1.82, 2.24) is 4.98 Å². The molecule has 0 amide bonds. The monoisotopic (exact) mass is 298 g/mol. The third-order valence-corrected chi connectivity index (χ3v) is 2.53. The van der Waals surface area contributed by atoms with Gasteiger partial charge in [0.05, 0.1) is 17.2 Å². The summed E-state index contributed by atoms with van der Waals surface area (Å²) in [4.78, 5) is 3.75. The third-order valence-electron chi connectivity index (χ3n) is 2.32. The van der Waals surface area contributed by atoms with Gasteiger partial charge in [-0.2, -0.15) is 18.4 Å². The van der Waals surface area contributed by atoms with Gasteiger partial charge in [0.2, 0.25) is 5.88 Å². The highest BCUT2D eigenvalue weighted by Crippen LogP contribution is 2.38. The maximum absolute atomic E-state index is 12.9. The molecule has 0 radical (unpaired) electrons. The van der Waals surface area contributed by atoms with Crippen molar-refractivity contribution in [1.29, 1.82) is 5.26 Å². The number of benzene rings is 1. The van der Waals surface area contributed by atoms with Gasteiger partial charge in [0, 0.05) is 6.07 Å². The summed E-state index contributed by atoms with van der Waals surface area (Å²) in [5, 5.41) is 8.76. The Labute approximate surface area is 117 Å². The smallest absolute Gasteiger partial charge is 0.420 e. The van der Waals surface area contributed by atoms with Crippen LogP contribution in [-0.2, 0) is 6.18 Å². The molecule has 7 heteroatoms. The Morgan fingerprint density at radius 3 is 2.55 bits per heavy atom. The Balaban J connectivity index is 2.44. The summed E-state index contributed by atoms with van der Waals surface area (Å²) in [6, 6.07) is 9.02. The lowest BCUT2D eigenvalue weighted by Gasteiger charge is -2.13. The minimum atomic E-state index is -4.64. The Morgan fingerprint density at radius 2 is 1.95 bits per heavy atom. The highest BCUT2D eigenvalue weighted by molar-refractivity contribution is 6.29. The van der Waals surface area contributed by atoms with E-state index < -0.39 is 17.5 Å². The van der Waals surface area contributed by atoms with E-state index in [2.05, 4.69) is 4.98 Å². The van der Waals surface area contributed by atoms with Crippen LogP contribution in [0.5, 0.6) is 11.6 Å². The van der Waals surface area contributed by atoms with Gasteiger partial charge in [-0.1, -0.05) is 17.7 Å². The fraction of sp³-hybridized carbons (Fsp3) is 0.0769. The predicted molar refractivity (Wildman–Crippen MR) is 65.5 cm³/mol. The summed E-state index contributed by atoms with van der Waals surface area (Å²) >= 11 is 5.63. The summed E-state index contributed by atoms with van der Waals surface area (Å²) in [5.74, 6) is -0.501. The zero-order chi connectivity index (χ0) is 14.8. The van der Waals surface area contributed by atoms with E-state index in [1.807, 2.05) is 0 Å². The van der Waals surface area contributed by atoms with E-state index in [0.29, 0.717) is 0 Å². The van der Waals surface area contributed by atoms with Gasteiger partial charge in [0.1, 0.15) is 10.9 Å². The second-order valence-corrected chi connectivity index (χ2v) is 4.11. The van der Waals surface area contributed by atoms with Crippen molar-refractivity contribution in [3.8, 4) is 17.7 Å². The van der Waals surface area contributed by atoms with Crippen molar-refractivity contribution >= 4 is 11.6 Å². The summed E-state index contributed by atoms with van der Waals surface area (Å²) < 4.78 is 43.8. The number of pyridine rings is 1. The van der Waals surface area contributed by atoms with Crippen LogP contribution in [0.1, 0.15) is 11.1 Å². The van der Waals surface area contributed by atoms with Crippen LogP contribution in [0.3, 0.4) is 0 Å². The molecule has 3 nitrogen and oxygen atoms in total. The second kappa shape index (κ2) is 5.39.